The normalized spacial score (nSPS) is 16.4. The fourth-order valence-corrected chi connectivity index (χ4v) is 2.57. The lowest BCUT2D eigenvalue weighted by atomic mass is 9.94. The van der Waals surface area contributed by atoms with Gasteiger partial charge in [-0.25, -0.2) is 0 Å². The van der Waals surface area contributed by atoms with Crippen molar-refractivity contribution in [3.05, 3.63) is 34.9 Å². The van der Waals surface area contributed by atoms with Crippen molar-refractivity contribution in [2.45, 2.75) is 46.3 Å². The molecule has 0 aromatic heterocycles. The Labute approximate surface area is 115 Å². The van der Waals surface area contributed by atoms with E-state index in [-0.39, 0.29) is 11.8 Å². The van der Waals surface area contributed by atoms with E-state index in [0.717, 1.165) is 18.5 Å². The van der Waals surface area contributed by atoms with E-state index in [9.17, 15) is 9.90 Å². The molecule has 0 spiro atoms. The summed E-state index contributed by atoms with van der Waals surface area (Å²) in [6.45, 7) is 7.33. The molecule has 0 aliphatic carbocycles. The first-order chi connectivity index (χ1) is 9.02. The number of carbonyl (C=O) groups excluding carboxylic acids is 1. The average Bonchev–Trinajstić information content (AvgIpc) is 2.44. The summed E-state index contributed by atoms with van der Waals surface area (Å²) in [7, 11) is 0. The Balaban J connectivity index is 2.21. The molecular weight excluding hydrogens is 238 g/mol. The van der Waals surface area contributed by atoms with Crippen LogP contribution in [0.4, 0.5) is 0 Å². The third kappa shape index (κ3) is 2.98. The zero-order valence-corrected chi connectivity index (χ0v) is 12.0. The van der Waals surface area contributed by atoms with Gasteiger partial charge in [0.2, 0.25) is 5.91 Å². The number of benzene rings is 1. The van der Waals surface area contributed by atoms with E-state index >= 15 is 0 Å². The maximum absolute atomic E-state index is 12.1. The van der Waals surface area contributed by atoms with Gasteiger partial charge in [-0.15, -0.1) is 0 Å². The molecule has 2 rings (SSSR count). The molecule has 1 aliphatic rings. The minimum Gasteiger partial charge on any atom is -0.388 e. The summed E-state index contributed by atoms with van der Waals surface area (Å²) in [5.74, 6) is 0.262. The van der Waals surface area contributed by atoms with Crippen molar-refractivity contribution >= 4 is 5.91 Å². The van der Waals surface area contributed by atoms with Crippen LogP contribution in [0.5, 0.6) is 0 Å². The topological polar surface area (TPSA) is 40.5 Å². The number of carbonyl (C=O) groups is 1. The SMILES string of the molecule is CCC(O)c1ccc2c(c1)CN(C(=O)C(C)C)CC2. The van der Waals surface area contributed by atoms with Crippen molar-refractivity contribution in [1.29, 1.82) is 0 Å². The van der Waals surface area contributed by atoms with Crippen molar-refractivity contribution in [2.75, 3.05) is 6.54 Å². The van der Waals surface area contributed by atoms with Crippen molar-refractivity contribution in [3.63, 3.8) is 0 Å². The van der Waals surface area contributed by atoms with E-state index in [1.165, 1.54) is 11.1 Å². The van der Waals surface area contributed by atoms with Crippen molar-refractivity contribution < 1.29 is 9.90 Å². The van der Waals surface area contributed by atoms with E-state index < -0.39 is 6.10 Å². The second-order valence-electron chi connectivity index (χ2n) is 5.62. The highest BCUT2D eigenvalue weighted by Gasteiger charge is 2.23. The second-order valence-corrected chi connectivity index (χ2v) is 5.62. The molecular formula is C16H23NO2. The Morgan fingerprint density at radius 1 is 1.37 bits per heavy atom. The maximum atomic E-state index is 12.1. The van der Waals surface area contributed by atoms with Crippen LogP contribution in [0, 0.1) is 5.92 Å². The summed E-state index contributed by atoms with van der Waals surface area (Å²) < 4.78 is 0. The van der Waals surface area contributed by atoms with Gasteiger partial charge in [0.1, 0.15) is 0 Å². The molecule has 1 aromatic rings. The van der Waals surface area contributed by atoms with Crippen LogP contribution in [0.15, 0.2) is 18.2 Å². The molecule has 1 atom stereocenters. The Kier molecular flexibility index (Phi) is 4.25. The Bertz CT molecular complexity index is 468. The highest BCUT2D eigenvalue weighted by atomic mass is 16.3. The molecule has 1 aromatic carbocycles. The second kappa shape index (κ2) is 5.74. The number of nitrogens with zero attached hydrogens (tertiary/aromatic N) is 1. The van der Waals surface area contributed by atoms with Crippen LogP contribution in [0.25, 0.3) is 0 Å². The zero-order valence-electron chi connectivity index (χ0n) is 12.0. The van der Waals surface area contributed by atoms with Crippen LogP contribution >= 0.6 is 0 Å². The van der Waals surface area contributed by atoms with Gasteiger partial charge in [-0.2, -0.15) is 0 Å². The highest BCUT2D eigenvalue weighted by molar-refractivity contribution is 5.78. The van der Waals surface area contributed by atoms with Gasteiger partial charge < -0.3 is 10.0 Å². The lowest BCUT2D eigenvalue weighted by molar-refractivity contribution is -0.135. The van der Waals surface area contributed by atoms with E-state index in [1.807, 2.05) is 31.7 Å². The van der Waals surface area contributed by atoms with Gasteiger partial charge in [-0.1, -0.05) is 39.0 Å². The molecule has 0 fully saturated rings. The number of aliphatic hydroxyl groups is 1. The molecule has 0 saturated heterocycles. The fraction of sp³-hybridized carbons (Fsp3) is 0.562. The number of hydrogen-bond acceptors (Lipinski definition) is 2. The predicted octanol–water partition coefficient (Wildman–Crippen LogP) is 2.67. The Morgan fingerprint density at radius 2 is 2.11 bits per heavy atom. The fourth-order valence-electron chi connectivity index (χ4n) is 2.57. The minimum atomic E-state index is -0.401. The number of amides is 1. The summed E-state index contributed by atoms with van der Waals surface area (Å²) >= 11 is 0. The lowest BCUT2D eigenvalue weighted by Crippen LogP contribution is -2.38. The van der Waals surface area contributed by atoms with Crippen LogP contribution in [0.2, 0.25) is 0 Å². The summed E-state index contributed by atoms with van der Waals surface area (Å²) in [4.78, 5) is 14.0. The molecule has 3 nitrogen and oxygen atoms in total. The standard InChI is InChI=1S/C16H23NO2/c1-4-15(18)13-6-5-12-7-8-17(10-14(12)9-13)16(19)11(2)3/h5-6,9,11,15,18H,4,7-8,10H2,1-3H3. The zero-order chi connectivity index (χ0) is 14.0. The predicted molar refractivity (Wildman–Crippen MR) is 75.7 cm³/mol. The quantitative estimate of drug-likeness (QED) is 0.908. The first-order valence-corrected chi connectivity index (χ1v) is 7.11. The van der Waals surface area contributed by atoms with Crippen LogP contribution in [0.3, 0.4) is 0 Å². The molecule has 0 bridgehead atoms. The Hall–Kier alpha value is -1.35. The van der Waals surface area contributed by atoms with Gasteiger partial charge in [0.15, 0.2) is 0 Å². The van der Waals surface area contributed by atoms with E-state index in [4.69, 9.17) is 0 Å². The first-order valence-electron chi connectivity index (χ1n) is 7.11. The number of rotatable bonds is 3. The number of fused-ring (bicyclic) bond motifs is 1. The van der Waals surface area contributed by atoms with Crippen molar-refractivity contribution in [3.8, 4) is 0 Å². The summed E-state index contributed by atoms with van der Waals surface area (Å²) in [6, 6.07) is 6.16. The smallest absolute Gasteiger partial charge is 0.225 e. The van der Waals surface area contributed by atoms with Crippen LogP contribution < -0.4 is 0 Å². The van der Waals surface area contributed by atoms with Gasteiger partial charge >= 0.3 is 0 Å². The van der Waals surface area contributed by atoms with Gasteiger partial charge in [-0.05, 0) is 29.5 Å². The van der Waals surface area contributed by atoms with Crippen LogP contribution in [-0.2, 0) is 17.8 Å². The molecule has 0 radical (unpaired) electrons. The Morgan fingerprint density at radius 3 is 2.74 bits per heavy atom. The molecule has 0 saturated carbocycles. The average molecular weight is 261 g/mol. The third-order valence-electron chi connectivity index (χ3n) is 3.82. The van der Waals surface area contributed by atoms with E-state index in [0.29, 0.717) is 13.0 Å². The molecule has 1 heterocycles. The summed E-state index contributed by atoms with van der Waals surface area (Å²) in [5.41, 5.74) is 3.45. The van der Waals surface area contributed by atoms with E-state index in [1.54, 1.807) is 0 Å². The van der Waals surface area contributed by atoms with E-state index in [2.05, 4.69) is 12.1 Å². The monoisotopic (exact) mass is 261 g/mol. The molecule has 3 heteroatoms. The van der Waals surface area contributed by atoms with Crippen molar-refractivity contribution in [2.24, 2.45) is 5.92 Å². The molecule has 1 unspecified atom stereocenters. The number of hydrogen-bond donors (Lipinski definition) is 1. The van der Waals surface area contributed by atoms with Crippen molar-refractivity contribution in [1.82, 2.24) is 4.90 Å². The summed E-state index contributed by atoms with van der Waals surface area (Å²) in [6.07, 6.45) is 1.23. The maximum Gasteiger partial charge on any atom is 0.225 e. The van der Waals surface area contributed by atoms with Crippen LogP contribution in [-0.4, -0.2) is 22.5 Å². The van der Waals surface area contributed by atoms with Gasteiger partial charge in [-0.3, -0.25) is 4.79 Å². The lowest BCUT2D eigenvalue weighted by Gasteiger charge is -2.30. The molecule has 1 N–H and O–H groups in total. The first kappa shape index (κ1) is 14.1. The summed E-state index contributed by atoms with van der Waals surface area (Å²) in [5, 5.41) is 9.91. The third-order valence-corrected chi connectivity index (χ3v) is 3.82. The van der Waals surface area contributed by atoms with Gasteiger partial charge in [0.05, 0.1) is 6.10 Å². The molecule has 19 heavy (non-hydrogen) atoms. The molecule has 1 aliphatic heterocycles. The van der Waals surface area contributed by atoms with Crippen LogP contribution in [0.1, 0.15) is 50.0 Å². The number of aliphatic hydroxyl groups excluding tert-OH is 1. The van der Waals surface area contributed by atoms with Gasteiger partial charge in [0.25, 0.3) is 0 Å². The minimum absolute atomic E-state index is 0.0472. The largest absolute Gasteiger partial charge is 0.388 e. The molecule has 1 amide bonds. The van der Waals surface area contributed by atoms with Gasteiger partial charge in [0, 0.05) is 19.0 Å². The molecule has 104 valence electrons. The highest BCUT2D eigenvalue weighted by Crippen LogP contribution is 2.25.